The van der Waals surface area contributed by atoms with Crippen LogP contribution in [0.3, 0.4) is 0 Å². The molecule has 0 radical (unpaired) electrons. The first-order chi connectivity index (χ1) is 10.4. The van der Waals surface area contributed by atoms with E-state index in [1.54, 1.807) is 0 Å². The van der Waals surface area contributed by atoms with E-state index in [9.17, 15) is 26.3 Å². The molecule has 3 unspecified atom stereocenters. The molecule has 2 aliphatic rings. The number of rotatable bonds is 3. The fourth-order valence-electron chi connectivity index (χ4n) is 4.06. The van der Waals surface area contributed by atoms with Crippen molar-refractivity contribution >= 4 is 0 Å². The van der Waals surface area contributed by atoms with Crippen LogP contribution in [-0.4, -0.2) is 30.2 Å². The molecule has 2 rings (SSSR count). The summed E-state index contributed by atoms with van der Waals surface area (Å²) in [6, 6.07) is 0. The Bertz CT molecular complexity index is 517. The largest absolute Gasteiger partial charge is 0.429 e. The highest BCUT2D eigenvalue weighted by Gasteiger charge is 2.85. The molecule has 0 saturated heterocycles. The zero-order chi connectivity index (χ0) is 17.8. The van der Waals surface area contributed by atoms with Crippen LogP contribution in [0.2, 0.25) is 0 Å². The molecule has 0 heterocycles. The highest BCUT2D eigenvalue weighted by atomic mass is 19.4. The van der Waals surface area contributed by atoms with Crippen LogP contribution in [0.5, 0.6) is 0 Å². The van der Waals surface area contributed by atoms with E-state index in [2.05, 4.69) is 11.3 Å². The molecule has 3 atom stereocenters. The van der Waals surface area contributed by atoms with Gasteiger partial charge in [0.25, 0.3) is 5.60 Å². The lowest BCUT2D eigenvalue weighted by Gasteiger charge is -2.48. The molecular formula is C15H17F7O. The van der Waals surface area contributed by atoms with Crippen molar-refractivity contribution in [3.05, 3.63) is 23.8 Å². The van der Waals surface area contributed by atoms with Gasteiger partial charge in [-0.15, -0.1) is 0 Å². The smallest absolute Gasteiger partial charge is 0.356 e. The molecule has 2 fully saturated rings. The van der Waals surface area contributed by atoms with Gasteiger partial charge in [-0.2, -0.15) is 26.3 Å². The van der Waals surface area contributed by atoms with Crippen LogP contribution in [0.4, 0.5) is 30.7 Å². The maximum Gasteiger partial charge on any atom is 0.429 e. The molecule has 0 N–H and O–H groups in total. The lowest BCUT2D eigenvalue weighted by molar-refractivity contribution is -0.417. The molecule has 2 bridgehead atoms. The molecule has 0 amide bonds. The van der Waals surface area contributed by atoms with Gasteiger partial charge in [-0.1, -0.05) is 12.7 Å². The van der Waals surface area contributed by atoms with E-state index in [1.165, 1.54) is 13.0 Å². The third-order valence-corrected chi connectivity index (χ3v) is 4.91. The topological polar surface area (TPSA) is 9.23 Å². The van der Waals surface area contributed by atoms with Crippen LogP contribution in [0, 0.1) is 11.8 Å². The Labute approximate surface area is 129 Å². The fraction of sp³-hybridized carbons (Fsp3) is 0.733. The van der Waals surface area contributed by atoms with E-state index in [4.69, 9.17) is 0 Å². The summed E-state index contributed by atoms with van der Waals surface area (Å²) in [4.78, 5) is 0. The highest BCUT2D eigenvalue weighted by Crippen LogP contribution is 2.67. The molecule has 0 aliphatic heterocycles. The average molecular weight is 346 g/mol. The molecule has 0 aromatic carbocycles. The van der Waals surface area contributed by atoms with Gasteiger partial charge in [-0.25, -0.2) is 4.39 Å². The summed E-state index contributed by atoms with van der Waals surface area (Å²) in [7, 11) is 0. The predicted octanol–water partition coefficient (Wildman–Crippen LogP) is 5.14. The number of alkyl halides is 7. The van der Waals surface area contributed by atoms with Crippen LogP contribution in [0.25, 0.3) is 0 Å². The second-order valence-electron chi connectivity index (χ2n) is 5.93. The molecule has 1 nitrogen and oxygen atoms in total. The summed E-state index contributed by atoms with van der Waals surface area (Å²) < 4.78 is 101. The molecule has 2 aliphatic carbocycles. The third kappa shape index (κ3) is 2.16. The number of halogens is 7. The molecule has 0 spiro atoms. The van der Waals surface area contributed by atoms with Gasteiger partial charge in [0, 0.05) is 12.5 Å². The van der Waals surface area contributed by atoms with Crippen LogP contribution >= 0.6 is 0 Å². The Morgan fingerprint density at radius 3 is 2.09 bits per heavy atom. The SMILES string of the molecule is C=C1C(=CC)C2CC1CC2(F)C(OCC)(C(F)(F)F)C(F)(F)F. The first kappa shape index (κ1) is 18.3. The Balaban J connectivity index is 2.68. The lowest BCUT2D eigenvalue weighted by atomic mass is 9.69. The van der Waals surface area contributed by atoms with E-state index in [0.29, 0.717) is 5.57 Å². The number of hydrogen-bond acceptors (Lipinski definition) is 1. The Morgan fingerprint density at radius 2 is 1.74 bits per heavy atom. The summed E-state index contributed by atoms with van der Waals surface area (Å²) in [5, 5.41) is 0. The quantitative estimate of drug-likeness (QED) is 0.643. The van der Waals surface area contributed by atoms with Gasteiger partial charge in [0.1, 0.15) is 0 Å². The van der Waals surface area contributed by atoms with Crippen molar-refractivity contribution in [1.29, 1.82) is 0 Å². The molecule has 8 heteroatoms. The van der Waals surface area contributed by atoms with E-state index in [0.717, 1.165) is 6.92 Å². The second-order valence-corrected chi connectivity index (χ2v) is 5.93. The number of fused-ring (bicyclic) bond motifs is 2. The van der Waals surface area contributed by atoms with Gasteiger partial charge in [-0.3, -0.25) is 0 Å². The summed E-state index contributed by atoms with van der Waals surface area (Å²) in [6.07, 6.45) is -11.5. The monoisotopic (exact) mass is 346 g/mol. The van der Waals surface area contributed by atoms with Crippen LogP contribution in [-0.2, 0) is 4.74 Å². The van der Waals surface area contributed by atoms with Crippen molar-refractivity contribution in [2.24, 2.45) is 11.8 Å². The second kappa shape index (κ2) is 5.22. The Hall–Kier alpha value is -1.05. The Kier molecular flexibility index (Phi) is 4.15. The third-order valence-electron chi connectivity index (χ3n) is 4.91. The first-order valence-corrected chi connectivity index (χ1v) is 7.19. The summed E-state index contributed by atoms with van der Waals surface area (Å²) in [6.45, 7) is 5.19. The summed E-state index contributed by atoms with van der Waals surface area (Å²) in [5.41, 5.74) is -7.90. The highest BCUT2D eigenvalue weighted by molar-refractivity contribution is 5.46. The van der Waals surface area contributed by atoms with Crippen LogP contribution < -0.4 is 0 Å². The first-order valence-electron chi connectivity index (χ1n) is 7.19. The lowest BCUT2D eigenvalue weighted by Crippen LogP contribution is -2.72. The normalized spacial score (nSPS) is 33.8. The maximum absolute atomic E-state index is 15.5. The fourth-order valence-corrected chi connectivity index (χ4v) is 4.06. The van der Waals surface area contributed by atoms with Gasteiger partial charge in [0.05, 0.1) is 0 Å². The van der Waals surface area contributed by atoms with Crippen molar-refractivity contribution < 1.29 is 35.5 Å². The number of ether oxygens (including phenoxy) is 1. The van der Waals surface area contributed by atoms with E-state index >= 15 is 4.39 Å². The van der Waals surface area contributed by atoms with Gasteiger partial charge in [0.15, 0.2) is 5.67 Å². The van der Waals surface area contributed by atoms with Crippen molar-refractivity contribution in [2.75, 3.05) is 6.61 Å². The maximum atomic E-state index is 15.5. The van der Waals surface area contributed by atoms with E-state index in [1.807, 2.05) is 0 Å². The minimum atomic E-state index is -5.93. The van der Waals surface area contributed by atoms with Gasteiger partial charge in [-0.05, 0) is 43.8 Å². The zero-order valence-corrected chi connectivity index (χ0v) is 12.6. The number of hydrogen-bond donors (Lipinski definition) is 0. The Morgan fingerprint density at radius 1 is 1.22 bits per heavy atom. The van der Waals surface area contributed by atoms with Crippen molar-refractivity contribution in [3.8, 4) is 0 Å². The number of allylic oxidation sites excluding steroid dienone is 3. The molecular weight excluding hydrogens is 329 g/mol. The minimum Gasteiger partial charge on any atom is -0.356 e. The molecule has 132 valence electrons. The van der Waals surface area contributed by atoms with Gasteiger partial charge < -0.3 is 4.74 Å². The molecule has 0 aromatic heterocycles. The van der Waals surface area contributed by atoms with E-state index in [-0.39, 0.29) is 12.0 Å². The van der Waals surface area contributed by atoms with Crippen molar-refractivity contribution in [2.45, 2.75) is 50.3 Å². The van der Waals surface area contributed by atoms with Crippen molar-refractivity contribution in [1.82, 2.24) is 0 Å². The average Bonchev–Trinajstić information content (AvgIpc) is 2.87. The zero-order valence-electron chi connectivity index (χ0n) is 12.6. The van der Waals surface area contributed by atoms with Crippen molar-refractivity contribution in [3.63, 3.8) is 0 Å². The van der Waals surface area contributed by atoms with Gasteiger partial charge >= 0.3 is 12.4 Å². The molecule has 23 heavy (non-hydrogen) atoms. The standard InChI is InChI=1S/C15H17F7O/c1-4-10-8(3)9-6-11(10)12(16,7-9)13(23-5-2,14(17,18)19)15(20,21)22/h4,9,11H,3,5-7H2,1-2H3. The summed E-state index contributed by atoms with van der Waals surface area (Å²) >= 11 is 0. The van der Waals surface area contributed by atoms with E-state index < -0.39 is 48.5 Å². The van der Waals surface area contributed by atoms with Crippen LogP contribution in [0.1, 0.15) is 26.7 Å². The summed E-state index contributed by atoms with van der Waals surface area (Å²) in [5.74, 6) is -2.26. The van der Waals surface area contributed by atoms with Gasteiger partial charge in [0.2, 0.25) is 0 Å². The molecule has 2 saturated carbocycles. The van der Waals surface area contributed by atoms with Crippen LogP contribution in [0.15, 0.2) is 23.8 Å². The minimum absolute atomic E-state index is 0.115. The molecule has 0 aromatic rings. The predicted molar refractivity (Wildman–Crippen MR) is 69.4 cm³/mol.